The summed E-state index contributed by atoms with van der Waals surface area (Å²) in [4.78, 5) is 11.2. The van der Waals surface area contributed by atoms with Gasteiger partial charge in [0.15, 0.2) is 0 Å². The van der Waals surface area contributed by atoms with Crippen LogP contribution < -0.4 is 4.74 Å². The molecule has 1 aromatic rings. The molecule has 146 valence electrons. The van der Waals surface area contributed by atoms with E-state index in [-0.39, 0.29) is 23.6 Å². The largest absolute Gasteiger partial charge is 0.427 e. The third-order valence-electron chi connectivity index (χ3n) is 7.33. The number of carbonyl (C=O) groups excluding carboxylic acids is 1. The average molecular weight is 392 g/mol. The van der Waals surface area contributed by atoms with Crippen molar-refractivity contribution in [2.24, 2.45) is 17.3 Å². The molecule has 27 heavy (non-hydrogen) atoms. The zero-order valence-corrected chi connectivity index (χ0v) is 16.3. The van der Waals surface area contributed by atoms with Gasteiger partial charge in [-0.3, -0.25) is 4.79 Å². The molecule has 0 unspecified atom stereocenters. The smallest absolute Gasteiger partial charge is 0.400 e. The number of rotatable bonds is 1. The highest BCUT2D eigenvalue weighted by atomic mass is 32.3. The molecule has 6 atom stereocenters. The lowest BCUT2D eigenvalue weighted by Gasteiger charge is -2.50. The summed E-state index contributed by atoms with van der Waals surface area (Å²) in [6.45, 7) is 3.60. The Balaban J connectivity index is 1.44. The van der Waals surface area contributed by atoms with Crippen molar-refractivity contribution in [1.82, 2.24) is 0 Å². The molecule has 6 nitrogen and oxygen atoms in total. The second-order valence-corrected chi connectivity index (χ2v) is 9.91. The Hall–Kier alpha value is -1.44. The first kappa shape index (κ1) is 17.6. The maximum Gasteiger partial charge on any atom is 0.400 e. The number of fused-ring (bicyclic) bond motifs is 7. The van der Waals surface area contributed by atoms with Crippen molar-refractivity contribution in [1.29, 1.82) is 0 Å². The first-order chi connectivity index (χ1) is 12.8. The van der Waals surface area contributed by atoms with Gasteiger partial charge in [0.25, 0.3) is 0 Å². The van der Waals surface area contributed by atoms with E-state index in [1.54, 1.807) is 0 Å². The average Bonchev–Trinajstić information content (AvgIpc) is 3.04. The second-order valence-electron chi connectivity index (χ2n) is 8.71. The molecule has 4 aliphatic rings. The van der Waals surface area contributed by atoms with Crippen LogP contribution in [0.15, 0.2) is 18.2 Å². The van der Waals surface area contributed by atoms with E-state index >= 15 is 0 Å². The highest BCUT2D eigenvalue weighted by Gasteiger charge is 2.63. The number of hydrogen-bond acceptors (Lipinski definition) is 6. The van der Waals surface area contributed by atoms with Gasteiger partial charge in [-0.15, -0.1) is 0 Å². The van der Waals surface area contributed by atoms with Crippen LogP contribution in [-0.2, 0) is 30.0 Å². The van der Waals surface area contributed by atoms with Gasteiger partial charge in [0.05, 0.1) is 0 Å². The Kier molecular flexibility index (Phi) is 3.78. The highest BCUT2D eigenvalue weighted by molar-refractivity contribution is 7.82. The van der Waals surface area contributed by atoms with Crippen LogP contribution in [0, 0.1) is 17.3 Å². The molecule has 7 heteroatoms. The predicted molar refractivity (Wildman–Crippen MR) is 96.4 cm³/mol. The molecule has 3 aliphatic carbocycles. The number of carbonyl (C=O) groups is 1. The summed E-state index contributed by atoms with van der Waals surface area (Å²) >= 11 is 0. The van der Waals surface area contributed by atoms with Gasteiger partial charge < -0.3 is 4.74 Å². The van der Waals surface area contributed by atoms with Gasteiger partial charge >= 0.3 is 16.4 Å². The van der Waals surface area contributed by atoms with E-state index in [1.807, 2.05) is 12.1 Å². The van der Waals surface area contributed by atoms with Crippen LogP contribution >= 0.6 is 0 Å². The molecule has 0 aromatic heterocycles. The predicted octanol–water partition coefficient (Wildman–Crippen LogP) is 3.11. The van der Waals surface area contributed by atoms with Gasteiger partial charge in [0, 0.05) is 12.3 Å². The molecule has 1 aromatic carbocycles. The molecular formula is C20H24O6S. The molecule has 0 amide bonds. The molecule has 0 radical (unpaired) electrons. The van der Waals surface area contributed by atoms with E-state index < -0.39 is 10.4 Å². The molecule has 1 saturated heterocycles. The third-order valence-corrected chi connectivity index (χ3v) is 8.26. The fourth-order valence-corrected chi connectivity index (χ4v) is 7.42. The van der Waals surface area contributed by atoms with E-state index in [0.717, 1.165) is 32.1 Å². The molecule has 2 saturated carbocycles. The standard InChI is InChI=1S/C20H24O6S/c1-11(21)24-13-4-6-14-12(9-13)3-5-16-15(14)7-8-20(2)17(16)10-18-19(20)26-27(22,23)25-18/h4,6,9,15-19H,3,5,7-8,10H2,1-2H3/t15-,16-,17+,18+,19+,20+/m1/s1. The van der Waals surface area contributed by atoms with Crippen LogP contribution in [0.25, 0.3) is 0 Å². The Labute approximate surface area is 159 Å². The monoisotopic (exact) mass is 392 g/mol. The van der Waals surface area contributed by atoms with E-state index in [9.17, 15) is 13.2 Å². The lowest BCUT2D eigenvalue weighted by molar-refractivity contribution is -0.131. The minimum absolute atomic E-state index is 0.148. The van der Waals surface area contributed by atoms with Crippen LogP contribution in [-0.4, -0.2) is 26.6 Å². The fraction of sp³-hybridized carbons (Fsp3) is 0.650. The summed E-state index contributed by atoms with van der Waals surface area (Å²) in [7, 11) is -3.83. The molecule has 0 N–H and O–H groups in total. The maximum absolute atomic E-state index is 11.7. The summed E-state index contributed by atoms with van der Waals surface area (Å²) in [6, 6.07) is 6.00. The Bertz CT molecular complexity index is 909. The number of aryl methyl sites for hydroxylation is 1. The minimum Gasteiger partial charge on any atom is -0.427 e. The minimum atomic E-state index is -3.83. The summed E-state index contributed by atoms with van der Waals surface area (Å²) < 4.78 is 39.3. The van der Waals surface area contributed by atoms with E-state index in [0.29, 0.717) is 23.5 Å². The zero-order chi connectivity index (χ0) is 19.0. The Morgan fingerprint density at radius 2 is 2.07 bits per heavy atom. The van der Waals surface area contributed by atoms with Crippen molar-refractivity contribution in [3.8, 4) is 5.75 Å². The second kappa shape index (κ2) is 5.78. The van der Waals surface area contributed by atoms with Crippen molar-refractivity contribution in [2.75, 3.05) is 0 Å². The fourth-order valence-electron chi connectivity index (χ4n) is 6.29. The molecule has 1 aliphatic heterocycles. The number of hydrogen-bond donors (Lipinski definition) is 0. The normalized spacial score (nSPS) is 41.2. The zero-order valence-electron chi connectivity index (χ0n) is 15.5. The van der Waals surface area contributed by atoms with Gasteiger partial charge in [-0.05, 0) is 73.1 Å². The van der Waals surface area contributed by atoms with Gasteiger partial charge in [-0.1, -0.05) is 13.0 Å². The number of benzene rings is 1. The van der Waals surface area contributed by atoms with Gasteiger partial charge in [-0.2, -0.15) is 8.42 Å². The summed E-state index contributed by atoms with van der Waals surface area (Å²) in [5, 5.41) is 0. The number of esters is 1. The van der Waals surface area contributed by atoms with Crippen LogP contribution in [0.1, 0.15) is 56.6 Å². The van der Waals surface area contributed by atoms with Crippen LogP contribution in [0.4, 0.5) is 0 Å². The molecule has 5 rings (SSSR count). The molecule has 0 spiro atoms. The lowest BCUT2D eigenvalue weighted by atomic mass is 9.55. The van der Waals surface area contributed by atoms with Crippen LogP contribution in [0.5, 0.6) is 5.75 Å². The van der Waals surface area contributed by atoms with E-state index in [1.165, 1.54) is 18.1 Å². The summed E-state index contributed by atoms with van der Waals surface area (Å²) in [6.07, 6.45) is 4.04. The molecular weight excluding hydrogens is 368 g/mol. The van der Waals surface area contributed by atoms with Crippen molar-refractivity contribution in [3.05, 3.63) is 29.3 Å². The van der Waals surface area contributed by atoms with E-state index in [4.69, 9.17) is 13.1 Å². The topological polar surface area (TPSA) is 78.9 Å². The molecule has 1 heterocycles. The quantitative estimate of drug-likeness (QED) is 0.540. The maximum atomic E-state index is 11.7. The third kappa shape index (κ3) is 2.66. The Morgan fingerprint density at radius 3 is 2.85 bits per heavy atom. The Morgan fingerprint density at radius 1 is 1.26 bits per heavy atom. The summed E-state index contributed by atoms with van der Waals surface area (Å²) in [5.41, 5.74) is 2.48. The number of ether oxygens (including phenoxy) is 1. The molecule has 3 fully saturated rings. The summed E-state index contributed by atoms with van der Waals surface area (Å²) in [5.74, 6) is 1.69. The van der Waals surface area contributed by atoms with Crippen molar-refractivity contribution >= 4 is 16.4 Å². The van der Waals surface area contributed by atoms with Crippen LogP contribution in [0.3, 0.4) is 0 Å². The van der Waals surface area contributed by atoms with E-state index in [2.05, 4.69) is 13.0 Å². The van der Waals surface area contributed by atoms with Gasteiger partial charge in [0.1, 0.15) is 18.0 Å². The van der Waals surface area contributed by atoms with Crippen LogP contribution in [0.2, 0.25) is 0 Å². The van der Waals surface area contributed by atoms with Crippen molar-refractivity contribution in [2.45, 2.75) is 64.1 Å². The van der Waals surface area contributed by atoms with Crippen molar-refractivity contribution < 1.29 is 26.3 Å². The first-order valence-corrected chi connectivity index (χ1v) is 11.0. The molecule has 0 bridgehead atoms. The lowest BCUT2D eigenvalue weighted by Crippen LogP contribution is -2.44. The highest BCUT2D eigenvalue weighted by Crippen LogP contribution is 2.63. The SMILES string of the molecule is CC(=O)Oc1ccc2c(c1)CC[C@@H]1[C@@H]2CC[C@@]2(C)[C@H]1C[C@@H]1OS(=O)(=O)O[C@@H]12. The van der Waals surface area contributed by atoms with Crippen molar-refractivity contribution in [3.63, 3.8) is 0 Å². The van der Waals surface area contributed by atoms with Gasteiger partial charge in [-0.25, -0.2) is 8.37 Å². The van der Waals surface area contributed by atoms with Gasteiger partial charge in [0.2, 0.25) is 0 Å². The first-order valence-electron chi connectivity index (χ1n) is 9.69.